The Balaban J connectivity index is 1.68. The van der Waals surface area contributed by atoms with Crippen LogP contribution < -0.4 is 15.5 Å². The van der Waals surface area contributed by atoms with E-state index in [4.69, 9.17) is 4.74 Å². The van der Waals surface area contributed by atoms with Gasteiger partial charge in [0.25, 0.3) is 0 Å². The van der Waals surface area contributed by atoms with Crippen molar-refractivity contribution in [1.82, 2.24) is 5.43 Å². The van der Waals surface area contributed by atoms with Crippen molar-refractivity contribution in [2.75, 3.05) is 5.32 Å². The van der Waals surface area contributed by atoms with Crippen molar-refractivity contribution in [3.05, 3.63) is 93.5 Å². The van der Waals surface area contributed by atoms with Crippen LogP contribution in [0.5, 0.6) is 5.75 Å². The van der Waals surface area contributed by atoms with E-state index in [0.29, 0.717) is 16.8 Å². The summed E-state index contributed by atoms with van der Waals surface area (Å²) >= 11 is 3.35. The van der Waals surface area contributed by atoms with Crippen LogP contribution in [0.25, 0.3) is 0 Å². The molecule has 0 aliphatic heterocycles. The van der Waals surface area contributed by atoms with E-state index in [1.807, 2.05) is 32.0 Å². The molecule has 0 spiro atoms. The highest BCUT2D eigenvalue weighted by molar-refractivity contribution is 9.10. The van der Waals surface area contributed by atoms with Crippen LogP contribution in [0.2, 0.25) is 0 Å². The van der Waals surface area contributed by atoms with Gasteiger partial charge in [0.1, 0.15) is 5.75 Å². The van der Waals surface area contributed by atoms with Crippen molar-refractivity contribution in [1.29, 1.82) is 0 Å². The number of carbonyl (C=O) groups excluding carboxylic acids is 3. The standard InChI is InChI=1S/C24H20BrN3O4/c1-15-6-5-8-17(12-15)24(31)32-21-11-10-19(25)13-18(21)14-26-28-23(30)22(29)27-20-9-4-3-7-16(20)2/h3-14H,1-2H3,(H,27,29)(H,28,30)/b26-14+. The molecule has 0 unspecified atom stereocenters. The minimum Gasteiger partial charge on any atom is -0.422 e. The van der Waals surface area contributed by atoms with Gasteiger partial charge in [0, 0.05) is 15.7 Å². The number of halogens is 1. The Morgan fingerprint density at radius 1 is 0.938 bits per heavy atom. The average molecular weight is 494 g/mol. The zero-order chi connectivity index (χ0) is 23.1. The zero-order valence-corrected chi connectivity index (χ0v) is 19.0. The molecule has 32 heavy (non-hydrogen) atoms. The SMILES string of the molecule is Cc1cccc(C(=O)Oc2ccc(Br)cc2/C=N/NC(=O)C(=O)Nc2ccccc2C)c1. The Bertz CT molecular complexity index is 1210. The first-order chi connectivity index (χ1) is 15.3. The largest absolute Gasteiger partial charge is 0.422 e. The molecule has 0 bridgehead atoms. The van der Waals surface area contributed by atoms with E-state index in [2.05, 4.69) is 31.8 Å². The number of hydrogen-bond acceptors (Lipinski definition) is 5. The number of para-hydroxylation sites is 1. The highest BCUT2D eigenvalue weighted by Gasteiger charge is 2.15. The van der Waals surface area contributed by atoms with Gasteiger partial charge in [-0.05, 0) is 55.8 Å². The quantitative estimate of drug-likeness (QED) is 0.181. The molecular weight excluding hydrogens is 474 g/mol. The molecule has 0 saturated heterocycles. The highest BCUT2D eigenvalue weighted by atomic mass is 79.9. The minimum absolute atomic E-state index is 0.252. The second-order valence-corrected chi connectivity index (χ2v) is 7.82. The molecule has 2 amide bonds. The normalized spacial score (nSPS) is 10.6. The van der Waals surface area contributed by atoms with Crippen molar-refractivity contribution in [2.24, 2.45) is 5.10 Å². The lowest BCUT2D eigenvalue weighted by molar-refractivity contribution is -0.136. The Morgan fingerprint density at radius 2 is 1.72 bits per heavy atom. The number of anilines is 1. The maximum absolute atomic E-state index is 12.5. The van der Waals surface area contributed by atoms with E-state index in [9.17, 15) is 14.4 Å². The van der Waals surface area contributed by atoms with Crippen molar-refractivity contribution in [2.45, 2.75) is 13.8 Å². The fourth-order valence-electron chi connectivity index (χ4n) is 2.75. The Hall–Kier alpha value is -3.78. The van der Waals surface area contributed by atoms with Crippen LogP contribution in [-0.4, -0.2) is 24.0 Å². The van der Waals surface area contributed by atoms with E-state index in [1.54, 1.807) is 48.5 Å². The van der Waals surface area contributed by atoms with Gasteiger partial charge in [0.15, 0.2) is 0 Å². The number of esters is 1. The second-order valence-electron chi connectivity index (χ2n) is 6.91. The second kappa shape index (κ2) is 10.5. The summed E-state index contributed by atoms with van der Waals surface area (Å²) < 4.78 is 6.22. The van der Waals surface area contributed by atoms with Crippen molar-refractivity contribution in [3.8, 4) is 5.75 Å². The number of aryl methyl sites for hydroxylation is 2. The molecule has 0 saturated carbocycles. The first kappa shape index (κ1) is 22.9. The molecule has 162 valence electrons. The van der Waals surface area contributed by atoms with Crippen LogP contribution in [0.3, 0.4) is 0 Å². The fraction of sp³-hybridized carbons (Fsp3) is 0.0833. The van der Waals surface area contributed by atoms with Gasteiger partial charge in [-0.3, -0.25) is 9.59 Å². The van der Waals surface area contributed by atoms with E-state index in [1.165, 1.54) is 6.21 Å². The van der Waals surface area contributed by atoms with Gasteiger partial charge in [-0.25, -0.2) is 10.2 Å². The van der Waals surface area contributed by atoms with Gasteiger partial charge >= 0.3 is 17.8 Å². The molecule has 0 aliphatic carbocycles. The summed E-state index contributed by atoms with van der Waals surface area (Å²) in [6.45, 7) is 3.70. The van der Waals surface area contributed by atoms with Crippen molar-refractivity contribution < 1.29 is 19.1 Å². The summed E-state index contributed by atoms with van der Waals surface area (Å²) in [7, 11) is 0. The summed E-state index contributed by atoms with van der Waals surface area (Å²) in [5.41, 5.74) is 5.31. The third kappa shape index (κ3) is 6.12. The topological polar surface area (TPSA) is 96.9 Å². The molecule has 3 aromatic carbocycles. The average Bonchev–Trinajstić information content (AvgIpc) is 2.77. The molecule has 8 heteroatoms. The first-order valence-electron chi connectivity index (χ1n) is 9.62. The molecule has 2 N–H and O–H groups in total. The van der Waals surface area contributed by atoms with E-state index >= 15 is 0 Å². The van der Waals surface area contributed by atoms with Crippen molar-refractivity contribution >= 4 is 45.6 Å². The predicted molar refractivity (Wildman–Crippen MR) is 126 cm³/mol. The highest BCUT2D eigenvalue weighted by Crippen LogP contribution is 2.23. The van der Waals surface area contributed by atoms with Crippen LogP contribution >= 0.6 is 15.9 Å². The predicted octanol–water partition coefficient (Wildman–Crippen LogP) is 4.37. The molecule has 3 aromatic rings. The molecule has 0 atom stereocenters. The fourth-order valence-corrected chi connectivity index (χ4v) is 3.13. The van der Waals surface area contributed by atoms with Crippen molar-refractivity contribution in [3.63, 3.8) is 0 Å². The molecule has 0 radical (unpaired) electrons. The van der Waals surface area contributed by atoms with E-state index < -0.39 is 17.8 Å². The number of nitrogens with zero attached hydrogens (tertiary/aromatic N) is 1. The van der Waals surface area contributed by atoms with Gasteiger partial charge in [-0.1, -0.05) is 51.8 Å². The summed E-state index contributed by atoms with van der Waals surface area (Å²) in [5, 5.41) is 6.35. The number of carbonyl (C=O) groups is 3. The number of hydrazone groups is 1. The molecule has 0 aliphatic rings. The van der Waals surface area contributed by atoms with Crippen LogP contribution in [0.1, 0.15) is 27.0 Å². The number of benzene rings is 3. The number of hydrogen-bond donors (Lipinski definition) is 2. The Kier molecular flexibility index (Phi) is 7.51. The summed E-state index contributed by atoms with van der Waals surface area (Å²) in [4.78, 5) is 36.6. The zero-order valence-electron chi connectivity index (χ0n) is 17.4. The smallest absolute Gasteiger partial charge is 0.343 e. The number of rotatable bonds is 5. The number of nitrogens with one attached hydrogen (secondary N) is 2. The molecule has 7 nitrogen and oxygen atoms in total. The van der Waals surface area contributed by atoms with Crippen LogP contribution in [0.4, 0.5) is 5.69 Å². The maximum Gasteiger partial charge on any atom is 0.343 e. The van der Waals surface area contributed by atoms with Gasteiger partial charge in [0.05, 0.1) is 11.8 Å². The molecule has 0 aromatic heterocycles. The third-order valence-corrected chi connectivity index (χ3v) is 4.89. The maximum atomic E-state index is 12.5. The van der Waals surface area contributed by atoms with E-state index in [-0.39, 0.29) is 5.75 Å². The van der Waals surface area contributed by atoms with Gasteiger partial charge in [-0.2, -0.15) is 5.10 Å². The summed E-state index contributed by atoms with van der Waals surface area (Å²) in [6.07, 6.45) is 1.29. The molecule has 0 fully saturated rings. The van der Waals surface area contributed by atoms with Crippen LogP contribution in [0.15, 0.2) is 76.3 Å². The van der Waals surface area contributed by atoms with Gasteiger partial charge in [0.2, 0.25) is 0 Å². The Morgan fingerprint density at radius 3 is 2.47 bits per heavy atom. The number of amides is 2. The lowest BCUT2D eigenvalue weighted by atomic mass is 10.1. The van der Waals surface area contributed by atoms with Crippen LogP contribution in [-0.2, 0) is 9.59 Å². The van der Waals surface area contributed by atoms with Gasteiger partial charge < -0.3 is 10.1 Å². The third-order valence-electron chi connectivity index (χ3n) is 4.40. The summed E-state index contributed by atoms with van der Waals surface area (Å²) in [6, 6.07) is 19.1. The monoisotopic (exact) mass is 493 g/mol. The van der Waals surface area contributed by atoms with Gasteiger partial charge in [-0.15, -0.1) is 0 Å². The number of ether oxygens (including phenoxy) is 1. The lowest BCUT2D eigenvalue weighted by Gasteiger charge is -2.09. The van der Waals surface area contributed by atoms with Crippen LogP contribution in [0, 0.1) is 13.8 Å². The Labute approximate surface area is 193 Å². The van der Waals surface area contributed by atoms with E-state index in [0.717, 1.165) is 15.6 Å². The first-order valence-corrected chi connectivity index (χ1v) is 10.4. The molecule has 0 heterocycles. The molecule has 3 rings (SSSR count). The minimum atomic E-state index is -0.933. The summed E-state index contributed by atoms with van der Waals surface area (Å²) in [5.74, 6) is -2.05. The molecular formula is C24H20BrN3O4. The lowest BCUT2D eigenvalue weighted by Crippen LogP contribution is -2.32.